The third-order valence-corrected chi connectivity index (χ3v) is 3.47. The van der Waals surface area contributed by atoms with Gasteiger partial charge >= 0.3 is 0 Å². The van der Waals surface area contributed by atoms with Gasteiger partial charge < -0.3 is 16.0 Å². The van der Waals surface area contributed by atoms with Crippen LogP contribution in [-0.4, -0.2) is 43.0 Å². The average molecular weight is 211 g/mol. The van der Waals surface area contributed by atoms with E-state index in [1.807, 2.05) is 4.90 Å². The van der Waals surface area contributed by atoms with Crippen molar-refractivity contribution in [3.05, 3.63) is 0 Å². The second kappa shape index (κ2) is 4.94. The Morgan fingerprint density at radius 2 is 2.13 bits per heavy atom. The number of hydrogen-bond acceptors (Lipinski definition) is 3. The van der Waals surface area contributed by atoms with E-state index in [-0.39, 0.29) is 12.0 Å². The molecule has 1 heterocycles. The van der Waals surface area contributed by atoms with E-state index in [4.69, 9.17) is 5.73 Å². The maximum Gasteiger partial charge on any atom is 0.225 e. The molecule has 2 unspecified atom stereocenters. The standard InChI is InChI=1S/C11H21N3O/c12-10-3-2-9(8-10)11(15)14-6-1-4-13-5-7-14/h9-10,13H,1-8,12H2. The molecule has 0 radical (unpaired) electrons. The van der Waals surface area contributed by atoms with Gasteiger partial charge in [-0.25, -0.2) is 0 Å². The molecule has 0 aromatic rings. The Hall–Kier alpha value is -0.610. The predicted molar refractivity (Wildman–Crippen MR) is 59.4 cm³/mol. The number of carbonyl (C=O) groups excluding carboxylic acids is 1. The summed E-state index contributed by atoms with van der Waals surface area (Å²) in [6.07, 6.45) is 3.97. The maximum atomic E-state index is 12.1. The lowest BCUT2D eigenvalue weighted by atomic mass is 10.1. The molecule has 1 saturated heterocycles. The first-order valence-corrected chi connectivity index (χ1v) is 6.02. The molecule has 0 bridgehead atoms. The molecule has 4 nitrogen and oxygen atoms in total. The second-order valence-corrected chi connectivity index (χ2v) is 4.70. The van der Waals surface area contributed by atoms with E-state index in [1.165, 1.54) is 0 Å². The summed E-state index contributed by atoms with van der Waals surface area (Å²) in [5, 5.41) is 3.31. The number of hydrogen-bond donors (Lipinski definition) is 2. The van der Waals surface area contributed by atoms with Gasteiger partial charge in [-0.1, -0.05) is 0 Å². The summed E-state index contributed by atoms with van der Waals surface area (Å²) in [4.78, 5) is 14.2. The molecule has 1 saturated carbocycles. The number of nitrogens with one attached hydrogen (secondary N) is 1. The van der Waals surface area contributed by atoms with Crippen LogP contribution in [0.1, 0.15) is 25.7 Å². The quantitative estimate of drug-likeness (QED) is 0.638. The minimum Gasteiger partial charge on any atom is -0.341 e. The fourth-order valence-corrected chi connectivity index (χ4v) is 2.57. The average Bonchev–Trinajstić information content (AvgIpc) is 2.53. The Labute approximate surface area is 91.2 Å². The molecule has 4 heteroatoms. The van der Waals surface area contributed by atoms with Crippen molar-refractivity contribution in [1.82, 2.24) is 10.2 Å². The van der Waals surface area contributed by atoms with Gasteiger partial charge in [0, 0.05) is 31.6 Å². The van der Waals surface area contributed by atoms with Crippen molar-refractivity contribution in [3.63, 3.8) is 0 Å². The molecule has 1 aliphatic heterocycles. The Morgan fingerprint density at radius 1 is 1.27 bits per heavy atom. The van der Waals surface area contributed by atoms with Gasteiger partial charge in [0.05, 0.1) is 0 Å². The lowest BCUT2D eigenvalue weighted by Gasteiger charge is -2.23. The number of nitrogens with zero attached hydrogens (tertiary/aromatic N) is 1. The first-order chi connectivity index (χ1) is 7.27. The molecule has 2 aliphatic rings. The highest BCUT2D eigenvalue weighted by Crippen LogP contribution is 2.26. The highest BCUT2D eigenvalue weighted by molar-refractivity contribution is 5.79. The third-order valence-electron chi connectivity index (χ3n) is 3.47. The Bertz CT molecular complexity index is 224. The van der Waals surface area contributed by atoms with Crippen LogP contribution in [0.4, 0.5) is 0 Å². The molecule has 0 spiro atoms. The van der Waals surface area contributed by atoms with E-state index in [0.29, 0.717) is 5.91 Å². The van der Waals surface area contributed by atoms with Crippen LogP contribution in [-0.2, 0) is 4.79 Å². The third kappa shape index (κ3) is 2.69. The van der Waals surface area contributed by atoms with Crippen LogP contribution < -0.4 is 11.1 Å². The Morgan fingerprint density at radius 3 is 2.87 bits per heavy atom. The summed E-state index contributed by atoms with van der Waals surface area (Å²) in [6, 6.07) is 0.254. The number of rotatable bonds is 1. The molecule has 0 aromatic heterocycles. The van der Waals surface area contributed by atoms with Gasteiger partial charge in [0.1, 0.15) is 0 Å². The highest BCUT2D eigenvalue weighted by atomic mass is 16.2. The summed E-state index contributed by atoms with van der Waals surface area (Å²) in [6.45, 7) is 3.75. The van der Waals surface area contributed by atoms with Crippen LogP contribution in [0, 0.1) is 5.92 Å². The SMILES string of the molecule is NC1CCC(C(=O)N2CCCNCC2)C1. The minimum absolute atomic E-state index is 0.207. The normalized spacial score (nSPS) is 32.7. The molecular weight excluding hydrogens is 190 g/mol. The summed E-state index contributed by atoms with van der Waals surface area (Å²) < 4.78 is 0. The first kappa shape index (κ1) is 10.9. The molecule has 3 N–H and O–H groups in total. The van der Waals surface area contributed by atoms with Crippen LogP contribution in [0.25, 0.3) is 0 Å². The molecule has 0 aromatic carbocycles. The van der Waals surface area contributed by atoms with E-state index >= 15 is 0 Å². The van der Waals surface area contributed by atoms with E-state index in [1.54, 1.807) is 0 Å². The van der Waals surface area contributed by atoms with E-state index in [9.17, 15) is 4.79 Å². The Kier molecular flexibility index (Phi) is 3.59. The van der Waals surface area contributed by atoms with Gasteiger partial charge in [-0.2, -0.15) is 0 Å². The van der Waals surface area contributed by atoms with Gasteiger partial charge in [0.2, 0.25) is 5.91 Å². The van der Waals surface area contributed by atoms with E-state index in [2.05, 4.69) is 5.32 Å². The van der Waals surface area contributed by atoms with Crippen molar-refractivity contribution in [2.45, 2.75) is 31.7 Å². The lowest BCUT2D eigenvalue weighted by Crippen LogP contribution is -2.38. The van der Waals surface area contributed by atoms with Crippen molar-refractivity contribution in [2.75, 3.05) is 26.2 Å². The van der Waals surface area contributed by atoms with E-state index in [0.717, 1.165) is 51.9 Å². The van der Waals surface area contributed by atoms with Crippen LogP contribution in [0.5, 0.6) is 0 Å². The topological polar surface area (TPSA) is 58.4 Å². The summed E-state index contributed by atoms with van der Waals surface area (Å²) >= 11 is 0. The summed E-state index contributed by atoms with van der Waals surface area (Å²) in [5.41, 5.74) is 5.84. The van der Waals surface area contributed by atoms with Crippen molar-refractivity contribution in [3.8, 4) is 0 Å². The Balaban J connectivity index is 1.88. The van der Waals surface area contributed by atoms with Gasteiger partial charge in [-0.05, 0) is 32.2 Å². The molecule has 1 aliphatic carbocycles. The second-order valence-electron chi connectivity index (χ2n) is 4.70. The monoisotopic (exact) mass is 211 g/mol. The van der Waals surface area contributed by atoms with Crippen LogP contribution in [0.15, 0.2) is 0 Å². The molecular formula is C11H21N3O. The number of amides is 1. The minimum atomic E-state index is 0.207. The van der Waals surface area contributed by atoms with Gasteiger partial charge in [0.25, 0.3) is 0 Å². The molecule has 15 heavy (non-hydrogen) atoms. The van der Waals surface area contributed by atoms with Crippen LogP contribution in [0.2, 0.25) is 0 Å². The fraction of sp³-hybridized carbons (Fsp3) is 0.909. The zero-order valence-corrected chi connectivity index (χ0v) is 9.24. The lowest BCUT2D eigenvalue weighted by molar-refractivity contribution is -0.135. The van der Waals surface area contributed by atoms with Crippen molar-refractivity contribution >= 4 is 5.91 Å². The van der Waals surface area contributed by atoms with Gasteiger partial charge in [-0.3, -0.25) is 4.79 Å². The summed E-state index contributed by atoms with van der Waals surface area (Å²) in [5.74, 6) is 0.546. The summed E-state index contributed by atoms with van der Waals surface area (Å²) in [7, 11) is 0. The first-order valence-electron chi connectivity index (χ1n) is 6.02. The molecule has 86 valence electrons. The van der Waals surface area contributed by atoms with Crippen LogP contribution in [0.3, 0.4) is 0 Å². The van der Waals surface area contributed by atoms with Crippen molar-refractivity contribution in [2.24, 2.45) is 11.7 Å². The number of nitrogens with two attached hydrogens (primary N) is 1. The highest BCUT2D eigenvalue weighted by Gasteiger charge is 2.30. The molecule has 2 atom stereocenters. The molecule has 2 rings (SSSR count). The largest absolute Gasteiger partial charge is 0.341 e. The van der Waals surface area contributed by atoms with Crippen molar-refractivity contribution < 1.29 is 4.79 Å². The zero-order valence-electron chi connectivity index (χ0n) is 9.24. The van der Waals surface area contributed by atoms with Crippen LogP contribution >= 0.6 is 0 Å². The molecule has 1 amide bonds. The fourth-order valence-electron chi connectivity index (χ4n) is 2.57. The van der Waals surface area contributed by atoms with Gasteiger partial charge in [0.15, 0.2) is 0 Å². The maximum absolute atomic E-state index is 12.1. The predicted octanol–water partition coefficient (Wildman–Crippen LogP) is -0.0643. The van der Waals surface area contributed by atoms with E-state index < -0.39 is 0 Å². The zero-order chi connectivity index (χ0) is 10.7. The van der Waals surface area contributed by atoms with Crippen molar-refractivity contribution in [1.29, 1.82) is 0 Å². The number of carbonyl (C=O) groups is 1. The molecule has 2 fully saturated rings. The van der Waals surface area contributed by atoms with Gasteiger partial charge in [-0.15, -0.1) is 0 Å². The smallest absolute Gasteiger partial charge is 0.225 e.